The highest BCUT2D eigenvalue weighted by molar-refractivity contribution is 5.93. The third-order valence-electron chi connectivity index (χ3n) is 2.85. The fourth-order valence-corrected chi connectivity index (χ4v) is 2.00. The van der Waals surface area contributed by atoms with E-state index in [1.807, 2.05) is 19.3 Å². The molecule has 0 unspecified atom stereocenters. The molecule has 1 aromatic heterocycles. The molecule has 0 saturated carbocycles. The van der Waals surface area contributed by atoms with Crippen LogP contribution in [0.1, 0.15) is 26.3 Å². The molecule has 0 aliphatic carbocycles. The summed E-state index contributed by atoms with van der Waals surface area (Å²) in [5, 5.41) is 4.40. The van der Waals surface area contributed by atoms with E-state index in [2.05, 4.69) is 49.3 Å². The Kier molecular flexibility index (Phi) is 2.58. The molecule has 0 amide bonds. The molecular weight excluding hydrogens is 196 g/mol. The second-order valence-electron chi connectivity index (χ2n) is 5.06. The van der Waals surface area contributed by atoms with E-state index in [1.54, 1.807) is 0 Å². The number of nitrogens with zero attached hydrogens (tertiary/aromatic N) is 1. The highest BCUT2D eigenvalue weighted by Gasteiger charge is 2.17. The lowest BCUT2D eigenvalue weighted by Gasteiger charge is -2.21. The molecule has 0 aliphatic rings. The zero-order chi connectivity index (χ0) is 11.8. The Morgan fingerprint density at radius 3 is 2.50 bits per heavy atom. The summed E-state index contributed by atoms with van der Waals surface area (Å²) in [5.41, 5.74) is 3.65. The van der Waals surface area contributed by atoms with E-state index in [9.17, 15) is 0 Å². The van der Waals surface area contributed by atoms with Gasteiger partial charge in [0, 0.05) is 24.3 Å². The number of hydrogen-bond donors (Lipinski definition) is 1. The number of hydrogen-bond acceptors (Lipinski definition) is 2. The van der Waals surface area contributed by atoms with Gasteiger partial charge in [-0.3, -0.25) is 4.98 Å². The summed E-state index contributed by atoms with van der Waals surface area (Å²) in [4.78, 5) is 4.52. The van der Waals surface area contributed by atoms with E-state index in [4.69, 9.17) is 0 Å². The van der Waals surface area contributed by atoms with E-state index < -0.39 is 0 Å². The molecule has 0 saturated heterocycles. The van der Waals surface area contributed by atoms with Crippen LogP contribution in [0.5, 0.6) is 0 Å². The van der Waals surface area contributed by atoms with E-state index in [0.29, 0.717) is 0 Å². The predicted molar refractivity (Wildman–Crippen MR) is 70.0 cm³/mol. The summed E-state index contributed by atoms with van der Waals surface area (Å²) in [6.07, 6.45) is 1.86. The van der Waals surface area contributed by atoms with Crippen molar-refractivity contribution in [3.8, 4) is 0 Å². The van der Waals surface area contributed by atoms with Gasteiger partial charge in [-0.1, -0.05) is 39.0 Å². The van der Waals surface area contributed by atoms with Crippen LogP contribution in [0.4, 0.5) is 5.69 Å². The van der Waals surface area contributed by atoms with Crippen LogP contribution >= 0.6 is 0 Å². The van der Waals surface area contributed by atoms with E-state index in [0.717, 1.165) is 11.2 Å². The van der Waals surface area contributed by atoms with Crippen molar-refractivity contribution >= 4 is 16.6 Å². The van der Waals surface area contributed by atoms with Gasteiger partial charge in [-0.25, -0.2) is 0 Å². The molecule has 2 heteroatoms. The SMILES string of the molecule is CNc1ccnc2c(C(C)(C)C)cccc12. The van der Waals surface area contributed by atoms with E-state index >= 15 is 0 Å². The molecule has 84 valence electrons. The molecule has 1 aromatic carbocycles. The second-order valence-corrected chi connectivity index (χ2v) is 5.06. The molecule has 1 N–H and O–H groups in total. The Morgan fingerprint density at radius 2 is 1.88 bits per heavy atom. The number of rotatable bonds is 1. The molecule has 1 heterocycles. The molecule has 2 aromatic rings. The first kappa shape index (κ1) is 10.9. The van der Waals surface area contributed by atoms with Crippen molar-refractivity contribution in [3.63, 3.8) is 0 Å². The molecular formula is C14H18N2. The largest absolute Gasteiger partial charge is 0.388 e. The van der Waals surface area contributed by atoms with Gasteiger partial charge in [-0.05, 0) is 17.0 Å². The first-order chi connectivity index (χ1) is 7.54. The van der Waals surface area contributed by atoms with Gasteiger partial charge in [-0.15, -0.1) is 0 Å². The third-order valence-corrected chi connectivity index (χ3v) is 2.85. The maximum atomic E-state index is 4.52. The van der Waals surface area contributed by atoms with E-state index in [-0.39, 0.29) is 5.41 Å². The van der Waals surface area contributed by atoms with Crippen molar-refractivity contribution < 1.29 is 0 Å². The number of anilines is 1. The van der Waals surface area contributed by atoms with Crippen molar-refractivity contribution in [1.82, 2.24) is 4.98 Å². The predicted octanol–water partition coefficient (Wildman–Crippen LogP) is 3.57. The Morgan fingerprint density at radius 1 is 1.12 bits per heavy atom. The number of para-hydroxylation sites is 1. The highest BCUT2D eigenvalue weighted by atomic mass is 14.8. The summed E-state index contributed by atoms with van der Waals surface area (Å²) in [6.45, 7) is 6.65. The molecule has 2 rings (SSSR count). The number of nitrogens with one attached hydrogen (secondary N) is 1. The summed E-state index contributed by atoms with van der Waals surface area (Å²) < 4.78 is 0. The molecule has 0 aliphatic heterocycles. The van der Waals surface area contributed by atoms with Gasteiger partial charge in [0.2, 0.25) is 0 Å². The minimum atomic E-state index is 0.124. The Labute approximate surface area is 96.7 Å². The van der Waals surface area contributed by atoms with Gasteiger partial charge < -0.3 is 5.32 Å². The average Bonchev–Trinajstić information content (AvgIpc) is 2.26. The number of benzene rings is 1. The molecule has 0 fully saturated rings. The van der Waals surface area contributed by atoms with E-state index in [1.165, 1.54) is 10.9 Å². The van der Waals surface area contributed by atoms with Crippen LogP contribution in [0.25, 0.3) is 10.9 Å². The van der Waals surface area contributed by atoms with Crippen LogP contribution in [-0.4, -0.2) is 12.0 Å². The number of fused-ring (bicyclic) bond motifs is 1. The maximum Gasteiger partial charge on any atom is 0.0760 e. The summed E-state index contributed by atoms with van der Waals surface area (Å²) in [6, 6.07) is 8.39. The highest BCUT2D eigenvalue weighted by Crippen LogP contribution is 2.31. The minimum absolute atomic E-state index is 0.124. The van der Waals surface area contributed by atoms with Gasteiger partial charge in [0.25, 0.3) is 0 Å². The monoisotopic (exact) mass is 214 g/mol. The first-order valence-electron chi connectivity index (χ1n) is 5.60. The van der Waals surface area contributed by atoms with Crippen LogP contribution in [0.3, 0.4) is 0 Å². The maximum absolute atomic E-state index is 4.52. The fourth-order valence-electron chi connectivity index (χ4n) is 2.00. The molecule has 0 atom stereocenters. The lowest BCUT2D eigenvalue weighted by Crippen LogP contribution is -2.12. The zero-order valence-electron chi connectivity index (χ0n) is 10.3. The fraction of sp³-hybridized carbons (Fsp3) is 0.357. The van der Waals surface area contributed by atoms with Gasteiger partial charge in [0.05, 0.1) is 5.52 Å². The van der Waals surface area contributed by atoms with Crippen molar-refractivity contribution in [3.05, 3.63) is 36.0 Å². The van der Waals surface area contributed by atoms with Crippen LogP contribution in [0.15, 0.2) is 30.5 Å². The number of aromatic nitrogens is 1. The van der Waals surface area contributed by atoms with Crippen molar-refractivity contribution in [2.45, 2.75) is 26.2 Å². The molecule has 0 radical (unpaired) electrons. The van der Waals surface area contributed by atoms with Crippen LogP contribution in [0, 0.1) is 0 Å². The van der Waals surface area contributed by atoms with Crippen molar-refractivity contribution in [2.75, 3.05) is 12.4 Å². The average molecular weight is 214 g/mol. The smallest absolute Gasteiger partial charge is 0.0760 e. The van der Waals surface area contributed by atoms with Crippen LogP contribution < -0.4 is 5.32 Å². The Balaban J connectivity index is 2.79. The van der Waals surface area contributed by atoms with Gasteiger partial charge in [0.15, 0.2) is 0 Å². The second kappa shape index (κ2) is 3.78. The molecule has 0 bridgehead atoms. The minimum Gasteiger partial charge on any atom is -0.388 e. The molecule has 0 spiro atoms. The van der Waals surface area contributed by atoms with Crippen molar-refractivity contribution in [2.24, 2.45) is 0 Å². The topological polar surface area (TPSA) is 24.9 Å². The quantitative estimate of drug-likeness (QED) is 0.785. The van der Waals surface area contributed by atoms with Gasteiger partial charge in [0.1, 0.15) is 0 Å². The zero-order valence-corrected chi connectivity index (χ0v) is 10.3. The van der Waals surface area contributed by atoms with Crippen LogP contribution in [0.2, 0.25) is 0 Å². The lowest BCUT2D eigenvalue weighted by atomic mass is 9.85. The first-order valence-corrected chi connectivity index (χ1v) is 5.60. The van der Waals surface area contributed by atoms with Gasteiger partial charge in [-0.2, -0.15) is 0 Å². The van der Waals surface area contributed by atoms with Crippen LogP contribution in [-0.2, 0) is 5.41 Å². The lowest BCUT2D eigenvalue weighted by molar-refractivity contribution is 0.594. The molecule has 16 heavy (non-hydrogen) atoms. The number of pyridine rings is 1. The third kappa shape index (κ3) is 1.75. The van der Waals surface area contributed by atoms with Crippen molar-refractivity contribution in [1.29, 1.82) is 0 Å². The standard InChI is InChI=1S/C14H18N2/c1-14(2,3)11-7-5-6-10-12(15-4)8-9-16-13(10)11/h5-9H,1-4H3,(H,15,16). The summed E-state index contributed by atoms with van der Waals surface area (Å²) in [5.74, 6) is 0. The summed E-state index contributed by atoms with van der Waals surface area (Å²) in [7, 11) is 1.94. The summed E-state index contributed by atoms with van der Waals surface area (Å²) >= 11 is 0. The normalized spacial score (nSPS) is 11.8. The van der Waals surface area contributed by atoms with Gasteiger partial charge >= 0.3 is 0 Å². The Bertz CT molecular complexity index is 510. The molecule has 2 nitrogen and oxygen atoms in total. The Hall–Kier alpha value is -1.57.